The normalized spacial score (nSPS) is 11.9. The van der Waals surface area contributed by atoms with Gasteiger partial charge in [-0.15, -0.1) is 0 Å². The van der Waals surface area contributed by atoms with Crippen LogP contribution in [0.15, 0.2) is 41.4 Å². The minimum absolute atomic E-state index is 0.183. The molecule has 3 rings (SSSR count). The molecule has 0 atom stereocenters. The smallest absolute Gasteiger partial charge is 0.252 e. The van der Waals surface area contributed by atoms with Gasteiger partial charge in [0, 0.05) is 18.7 Å². The van der Waals surface area contributed by atoms with Gasteiger partial charge in [0.25, 0.3) is 5.91 Å². The summed E-state index contributed by atoms with van der Waals surface area (Å²) < 4.78 is 14.1. The summed E-state index contributed by atoms with van der Waals surface area (Å²) in [6.45, 7) is 7.96. The molecule has 1 heterocycles. The quantitative estimate of drug-likeness (QED) is 0.565. The van der Waals surface area contributed by atoms with Gasteiger partial charge in [-0.1, -0.05) is 35.1 Å². The molecule has 0 fully saturated rings. The third-order valence-electron chi connectivity index (χ3n) is 4.50. The van der Waals surface area contributed by atoms with Gasteiger partial charge in [-0.2, -0.15) is 4.99 Å². The molecular formula is C22H26N2O3S. The fraction of sp³-hybridized carbons (Fsp3) is 0.364. The second kappa shape index (κ2) is 9.17. The lowest BCUT2D eigenvalue weighted by Crippen LogP contribution is -2.20. The van der Waals surface area contributed by atoms with Crippen LogP contribution >= 0.6 is 11.3 Å². The van der Waals surface area contributed by atoms with Gasteiger partial charge in [0.05, 0.1) is 30.4 Å². The number of hydrogen-bond acceptors (Lipinski definition) is 4. The van der Waals surface area contributed by atoms with Gasteiger partial charge < -0.3 is 14.0 Å². The summed E-state index contributed by atoms with van der Waals surface area (Å²) in [5.41, 5.74) is 4.21. The number of carbonyl (C=O) groups is 1. The zero-order chi connectivity index (χ0) is 20.1. The Morgan fingerprint density at radius 2 is 1.89 bits per heavy atom. The molecule has 0 unspecified atom stereocenters. The van der Waals surface area contributed by atoms with Crippen molar-refractivity contribution in [1.29, 1.82) is 0 Å². The molecule has 148 valence electrons. The Kier molecular flexibility index (Phi) is 6.65. The van der Waals surface area contributed by atoms with Crippen molar-refractivity contribution in [2.45, 2.75) is 33.7 Å². The first kappa shape index (κ1) is 20.3. The topological polar surface area (TPSA) is 52.8 Å². The summed E-state index contributed by atoms with van der Waals surface area (Å²) in [6, 6.07) is 12.1. The monoisotopic (exact) mass is 398 g/mol. The van der Waals surface area contributed by atoms with E-state index in [1.807, 2.05) is 32.0 Å². The van der Waals surface area contributed by atoms with E-state index in [4.69, 9.17) is 9.47 Å². The van der Waals surface area contributed by atoms with Gasteiger partial charge in [-0.3, -0.25) is 4.79 Å². The molecule has 0 radical (unpaired) electrons. The van der Waals surface area contributed by atoms with Gasteiger partial charge in [0.15, 0.2) is 4.80 Å². The van der Waals surface area contributed by atoms with Gasteiger partial charge in [0.1, 0.15) is 5.75 Å². The summed E-state index contributed by atoms with van der Waals surface area (Å²) in [5, 5.41) is 0. The molecule has 6 heteroatoms. The summed E-state index contributed by atoms with van der Waals surface area (Å²) in [6.07, 6.45) is 0.212. The number of thiazole rings is 1. The molecule has 3 aromatic rings. The number of aromatic nitrogens is 1. The van der Waals surface area contributed by atoms with Crippen LogP contribution in [-0.4, -0.2) is 30.8 Å². The molecule has 0 aliphatic carbocycles. The van der Waals surface area contributed by atoms with Gasteiger partial charge in [-0.25, -0.2) is 0 Å². The first-order valence-corrected chi connectivity index (χ1v) is 10.2. The maximum absolute atomic E-state index is 12.7. The summed E-state index contributed by atoms with van der Waals surface area (Å²) in [5.74, 6) is 0.530. The first-order valence-electron chi connectivity index (χ1n) is 9.40. The number of methoxy groups -OCH3 is 1. The highest BCUT2D eigenvalue weighted by Crippen LogP contribution is 2.21. The zero-order valence-corrected chi connectivity index (χ0v) is 17.6. The van der Waals surface area contributed by atoms with Gasteiger partial charge >= 0.3 is 0 Å². The second-order valence-electron chi connectivity index (χ2n) is 6.70. The number of amides is 1. The van der Waals surface area contributed by atoms with Crippen LogP contribution in [0, 0.1) is 13.8 Å². The Morgan fingerprint density at radius 3 is 2.64 bits per heavy atom. The van der Waals surface area contributed by atoms with Gasteiger partial charge in [-0.05, 0) is 44.5 Å². The number of benzene rings is 2. The van der Waals surface area contributed by atoms with Crippen LogP contribution in [0.1, 0.15) is 23.6 Å². The minimum Gasteiger partial charge on any atom is -0.496 e. The lowest BCUT2D eigenvalue weighted by molar-refractivity contribution is -0.117. The fourth-order valence-corrected chi connectivity index (χ4v) is 4.31. The molecule has 0 aliphatic heterocycles. The highest BCUT2D eigenvalue weighted by atomic mass is 32.1. The first-order chi connectivity index (χ1) is 13.5. The van der Waals surface area contributed by atoms with E-state index in [0.717, 1.165) is 21.3 Å². The highest BCUT2D eigenvalue weighted by molar-refractivity contribution is 7.16. The number of ether oxygens (including phenoxy) is 2. The average molecular weight is 399 g/mol. The highest BCUT2D eigenvalue weighted by Gasteiger charge is 2.11. The maximum Gasteiger partial charge on any atom is 0.252 e. The van der Waals surface area contributed by atoms with Crippen molar-refractivity contribution in [3.8, 4) is 5.75 Å². The Balaban J connectivity index is 1.97. The number of fused-ring (bicyclic) bond motifs is 1. The Morgan fingerprint density at radius 1 is 1.14 bits per heavy atom. The molecule has 0 spiro atoms. The van der Waals surface area contributed by atoms with E-state index in [1.165, 1.54) is 16.9 Å². The standard InChI is InChI=1S/C22H26N2O3S/c1-5-27-11-10-24-18-8-6-16(3)13-20(18)28-22(24)23-21(25)14-17-12-15(2)7-9-19(17)26-4/h6-9,12-13H,5,10-11,14H2,1-4H3. The summed E-state index contributed by atoms with van der Waals surface area (Å²) >= 11 is 1.54. The van der Waals surface area contributed by atoms with Crippen molar-refractivity contribution < 1.29 is 14.3 Å². The van der Waals surface area contributed by atoms with E-state index in [0.29, 0.717) is 30.3 Å². The number of hydrogen-bond donors (Lipinski definition) is 0. The van der Waals surface area contributed by atoms with Crippen molar-refractivity contribution in [3.05, 3.63) is 57.9 Å². The minimum atomic E-state index is -0.183. The third kappa shape index (κ3) is 4.69. The number of rotatable bonds is 7. The van der Waals surface area contributed by atoms with Crippen LogP contribution in [0.25, 0.3) is 10.2 Å². The van der Waals surface area contributed by atoms with E-state index < -0.39 is 0 Å². The second-order valence-corrected chi connectivity index (χ2v) is 7.71. The molecule has 0 saturated carbocycles. The van der Waals surface area contributed by atoms with Crippen LogP contribution in [0.2, 0.25) is 0 Å². The predicted octanol–water partition coefficient (Wildman–Crippen LogP) is 4.03. The maximum atomic E-state index is 12.7. The lowest BCUT2D eigenvalue weighted by atomic mass is 10.1. The van der Waals surface area contributed by atoms with Crippen LogP contribution < -0.4 is 9.54 Å². The Hall–Kier alpha value is -2.44. The van der Waals surface area contributed by atoms with Crippen molar-refractivity contribution in [2.24, 2.45) is 4.99 Å². The lowest BCUT2D eigenvalue weighted by Gasteiger charge is -2.08. The van der Waals surface area contributed by atoms with E-state index in [2.05, 4.69) is 34.7 Å². The molecule has 1 amide bonds. The fourth-order valence-electron chi connectivity index (χ4n) is 3.14. The molecular weight excluding hydrogens is 372 g/mol. The van der Waals surface area contributed by atoms with E-state index in [-0.39, 0.29) is 12.3 Å². The van der Waals surface area contributed by atoms with Crippen molar-refractivity contribution in [3.63, 3.8) is 0 Å². The van der Waals surface area contributed by atoms with E-state index in [1.54, 1.807) is 7.11 Å². The van der Waals surface area contributed by atoms with Crippen molar-refractivity contribution >= 4 is 27.5 Å². The van der Waals surface area contributed by atoms with Crippen LogP contribution in [0.4, 0.5) is 0 Å². The molecule has 5 nitrogen and oxygen atoms in total. The third-order valence-corrected chi connectivity index (χ3v) is 5.54. The van der Waals surface area contributed by atoms with Crippen LogP contribution in [0.5, 0.6) is 5.75 Å². The molecule has 0 bridgehead atoms. The SMILES string of the molecule is CCOCCn1c(=NC(=O)Cc2cc(C)ccc2OC)sc2cc(C)ccc21. The molecule has 1 aromatic heterocycles. The molecule has 0 saturated heterocycles. The number of aryl methyl sites for hydroxylation is 2. The number of carbonyl (C=O) groups excluding carboxylic acids is 1. The van der Waals surface area contributed by atoms with Crippen molar-refractivity contribution in [2.75, 3.05) is 20.3 Å². The number of nitrogens with zero attached hydrogens (tertiary/aromatic N) is 2. The van der Waals surface area contributed by atoms with Crippen LogP contribution in [0.3, 0.4) is 0 Å². The molecule has 0 aliphatic rings. The Labute approximate surface area is 169 Å². The summed E-state index contributed by atoms with van der Waals surface area (Å²) in [7, 11) is 1.62. The van der Waals surface area contributed by atoms with E-state index >= 15 is 0 Å². The predicted molar refractivity (Wildman–Crippen MR) is 113 cm³/mol. The largest absolute Gasteiger partial charge is 0.496 e. The average Bonchev–Trinajstić information content (AvgIpc) is 2.98. The molecule has 28 heavy (non-hydrogen) atoms. The van der Waals surface area contributed by atoms with Gasteiger partial charge in [0.2, 0.25) is 0 Å². The van der Waals surface area contributed by atoms with Crippen LogP contribution in [-0.2, 0) is 22.5 Å². The van der Waals surface area contributed by atoms with Crippen molar-refractivity contribution in [1.82, 2.24) is 4.57 Å². The summed E-state index contributed by atoms with van der Waals surface area (Å²) in [4.78, 5) is 17.9. The molecule has 0 N–H and O–H groups in total. The van der Waals surface area contributed by atoms with E-state index in [9.17, 15) is 4.79 Å². The zero-order valence-electron chi connectivity index (χ0n) is 16.8. The Bertz CT molecular complexity index is 1050. The molecule has 2 aromatic carbocycles.